The zero-order valence-corrected chi connectivity index (χ0v) is 11.0. The predicted molar refractivity (Wildman–Crippen MR) is 69.4 cm³/mol. The van der Waals surface area contributed by atoms with Crippen molar-refractivity contribution in [1.82, 2.24) is 4.98 Å². The Morgan fingerprint density at radius 2 is 2.00 bits per heavy atom. The molecule has 1 heterocycles. The molecule has 0 radical (unpaired) electrons. The standard InChI is InChI=1S/C13H14F2N2S/c1-7(2)13-12(17-11(6-16)18-13)8-3-4-9(14)10(15)5-8/h3-5,7H,6,16H2,1-2H3. The van der Waals surface area contributed by atoms with Gasteiger partial charge in [-0.3, -0.25) is 0 Å². The van der Waals surface area contributed by atoms with E-state index in [0.717, 1.165) is 16.0 Å². The second-order valence-electron chi connectivity index (χ2n) is 4.31. The quantitative estimate of drug-likeness (QED) is 0.922. The smallest absolute Gasteiger partial charge is 0.159 e. The molecule has 0 bridgehead atoms. The number of hydrogen-bond donors (Lipinski definition) is 1. The molecule has 0 amide bonds. The van der Waals surface area contributed by atoms with E-state index in [9.17, 15) is 8.78 Å². The van der Waals surface area contributed by atoms with E-state index in [4.69, 9.17) is 5.73 Å². The summed E-state index contributed by atoms with van der Waals surface area (Å²) in [5, 5.41) is 0.804. The number of rotatable bonds is 3. The lowest BCUT2D eigenvalue weighted by molar-refractivity contribution is 0.509. The molecule has 0 atom stereocenters. The first-order valence-electron chi connectivity index (χ1n) is 5.68. The van der Waals surface area contributed by atoms with Gasteiger partial charge < -0.3 is 5.73 Å². The van der Waals surface area contributed by atoms with Gasteiger partial charge in [-0.1, -0.05) is 13.8 Å². The Morgan fingerprint density at radius 3 is 2.56 bits per heavy atom. The molecule has 2 rings (SSSR count). The minimum absolute atomic E-state index is 0.269. The molecule has 0 aliphatic carbocycles. The molecule has 5 heteroatoms. The summed E-state index contributed by atoms with van der Waals surface area (Å²) in [6.45, 7) is 4.43. The molecular formula is C13H14F2N2S. The van der Waals surface area contributed by atoms with Crippen LogP contribution in [0.25, 0.3) is 11.3 Å². The van der Waals surface area contributed by atoms with Gasteiger partial charge in [-0.2, -0.15) is 0 Å². The van der Waals surface area contributed by atoms with E-state index >= 15 is 0 Å². The van der Waals surface area contributed by atoms with Gasteiger partial charge in [0.1, 0.15) is 5.01 Å². The summed E-state index contributed by atoms with van der Waals surface area (Å²) >= 11 is 1.52. The van der Waals surface area contributed by atoms with Crippen LogP contribution in [0.2, 0.25) is 0 Å². The van der Waals surface area contributed by atoms with Crippen molar-refractivity contribution in [2.75, 3.05) is 0 Å². The van der Waals surface area contributed by atoms with Crippen molar-refractivity contribution in [3.05, 3.63) is 39.7 Å². The Bertz CT molecular complexity index is 564. The monoisotopic (exact) mass is 268 g/mol. The summed E-state index contributed by atoms with van der Waals surface area (Å²) in [5.74, 6) is -1.44. The fourth-order valence-corrected chi connectivity index (χ4v) is 2.68. The van der Waals surface area contributed by atoms with Gasteiger partial charge in [0.25, 0.3) is 0 Å². The van der Waals surface area contributed by atoms with Gasteiger partial charge in [0.2, 0.25) is 0 Å². The van der Waals surface area contributed by atoms with Crippen LogP contribution in [0.3, 0.4) is 0 Å². The third kappa shape index (κ3) is 2.42. The van der Waals surface area contributed by atoms with Crippen molar-refractivity contribution >= 4 is 11.3 Å². The molecule has 1 aromatic carbocycles. The van der Waals surface area contributed by atoms with Crippen molar-refractivity contribution in [2.45, 2.75) is 26.3 Å². The normalized spacial score (nSPS) is 11.2. The number of nitrogens with two attached hydrogens (primary N) is 1. The van der Waals surface area contributed by atoms with Crippen molar-refractivity contribution < 1.29 is 8.78 Å². The molecule has 96 valence electrons. The number of aromatic nitrogens is 1. The Kier molecular flexibility index (Phi) is 3.73. The third-order valence-corrected chi connectivity index (χ3v) is 3.97. The first-order valence-corrected chi connectivity index (χ1v) is 6.49. The van der Waals surface area contributed by atoms with Gasteiger partial charge in [-0.05, 0) is 24.1 Å². The first kappa shape index (κ1) is 13.1. The van der Waals surface area contributed by atoms with E-state index in [2.05, 4.69) is 4.98 Å². The van der Waals surface area contributed by atoms with Crippen molar-refractivity contribution in [1.29, 1.82) is 0 Å². The van der Waals surface area contributed by atoms with Crippen LogP contribution in [0.4, 0.5) is 8.78 Å². The molecule has 0 aliphatic heterocycles. The van der Waals surface area contributed by atoms with Crippen LogP contribution >= 0.6 is 11.3 Å². The molecule has 0 unspecified atom stereocenters. The van der Waals surface area contributed by atoms with E-state index in [1.54, 1.807) is 6.07 Å². The molecule has 0 saturated heterocycles. The van der Waals surface area contributed by atoms with Gasteiger partial charge in [-0.15, -0.1) is 11.3 Å². The minimum atomic E-state index is -0.857. The van der Waals surface area contributed by atoms with E-state index < -0.39 is 11.6 Å². The maximum atomic E-state index is 13.3. The summed E-state index contributed by atoms with van der Waals surface area (Å²) in [4.78, 5) is 5.44. The largest absolute Gasteiger partial charge is 0.325 e. The predicted octanol–water partition coefficient (Wildman–Crippen LogP) is 3.67. The summed E-state index contributed by atoms with van der Waals surface area (Å²) in [6.07, 6.45) is 0. The highest BCUT2D eigenvalue weighted by Crippen LogP contribution is 2.34. The van der Waals surface area contributed by atoms with Crippen LogP contribution in [0.1, 0.15) is 29.7 Å². The van der Waals surface area contributed by atoms with Gasteiger partial charge in [0.05, 0.1) is 5.69 Å². The van der Waals surface area contributed by atoms with E-state index in [-0.39, 0.29) is 5.92 Å². The number of hydrogen-bond acceptors (Lipinski definition) is 3. The highest BCUT2D eigenvalue weighted by molar-refractivity contribution is 7.12. The van der Waals surface area contributed by atoms with E-state index in [0.29, 0.717) is 17.8 Å². The van der Waals surface area contributed by atoms with Crippen molar-refractivity contribution in [3.8, 4) is 11.3 Å². The Balaban J connectivity index is 2.54. The summed E-state index contributed by atoms with van der Waals surface area (Å²) in [7, 11) is 0. The van der Waals surface area contributed by atoms with Gasteiger partial charge in [0, 0.05) is 17.0 Å². The van der Waals surface area contributed by atoms with E-state index in [1.807, 2.05) is 13.8 Å². The van der Waals surface area contributed by atoms with Crippen LogP contribution in [0.5, 0.6) is 0 Å². The minimum Gasteiger partial charge on any atom is -0.325 e. The molecule has 0 spiro atoms. The highest BCUT2D eigenvalue weighted by atomic mass is 32.1. The number of benzene rings is 1. The van der Waals surface area contributed by atoms with Gasteiger partial charge in [-0.25, -0.2) is 13.8 Å². The topological polar surface area (TPSA) is 38.9 Å². The van der Waals surface area contributed by atoms with Crippen molar-refractivity contribution in [2.24, 2.45) is 5.73 Å². The maximum Gasteiger partial charge on any atom is 0.159 e. The molecule has 1 aromatic heterocycles. The first-order chi connectivity index (χ1) is 8.52. The molecule has 0 aliphatic rings. The molecule has 0 fully saturated rings. The van der Waals surface area contributed by atoms with Crippen LogP contribution in [-0.2, 0) is 6.54 Å². The lowest BCUT2D eigenvalue weighted by atomic mass is 10.1. The van der Waals surface area contributed by atoms with Crippen LogP contribution < -0.4 is 5.73 Å². The average Bonchev–Trinajstić information content (AvgIpc) is 2.77. The fraction of sp³-hybridized carbons (Fsp3) is 0.308. The summed E-state index contributed by atoms with van der Waals surface area (Å²) in [5.41, 5.74) is 6.87. The van der Waals surface area contributed by atoms with E-state index in [1.165, 1.54) is 17.4 Å². The van der Waals surface area contributed by atoms with Gasteiger partial charge >= 0.3 is 0 Å². The maximum absolute atomic E-state index is 13.3. The Morgan fingerprint density at radius 1 is 1.28 bits per heavy atom. The summed E-state index contributed by atoms with van der Waals surface area (Å²) in [6, 6.07) is 3.84. The zero-order chi connectivity index (χ0) is 13.3. The van der Waals surface area contributed by atoms with Crippen molar-refractivity contribution in [3.63, 3.8) is 0 Å². The molecule has 2 nitrogen and oxygen atoms in total. The number of nitrogens with zero attached hydrogens (tertiary/aromatic N) is 1. The lowest BCUT2D eigenvalue weighted by Crippen LogP contribution is -1.95. The molecule has 2 aromatic rings. The van der Waals surface area contributed by atoms with Gasteiger partial charge in [0.15, 0.2) is 11.6 Å². The SMILES string of the molecule is CC(C)c1sc(CN)nc1-c1ccc(F)c(F)c1. The second-order valence-corrected chi connectivity index (χ2v) is 5.42. The summed E-state index contributed by atoms with van der Waals surface area (Å²) < 4.78 is 26.2. The Labute approximate surface area is 108 Å². The number of halogens is 2. The Hall–Kier alpha value is -1.33. The zero-order valence-electron chi connectivity index (χ0n) is 10.2. The molecule has 2 N–H and O–H groups in total. The lowest BCUT2D eigenvalue weighted by Gasteiger charge is -2.05. The fourth-order valence-electron chi connectivity index (χ4n) is 1.71. The van der Waals surface area contributed by atoms with Crippen LogP contribution in [0.15, 0.2) is 18.2 Å². The number of thiazole rings is 1. The molecule has 18 heavy (non-hydrogen) atoms. The average molecular weight is 268 g/mol. The van der Waals surface area contributed by atoms with Crippen LogP contribution in [-0.4, -0.2) is 4.98 Å². The molecule has 0 saturated carbocycles. The highest BCUT2D eigenvalue weighted by Gasteiger charge is 2.16. The molecular weight excluding hydrogens is 254 g/mol. The second kappa shape index (κ2) is 5.12. The third-order valence-electron chi connectivity index (χ3n) is 2.59. The van der Waals surface area contributed by atoms with Crippen LogP contribution in [0, 0.1) is 11.6 Å².